The van der Waals surface area contributed by atoms with Gasteiger partial charge in [-0.05, 0) is 49.7 Å². The number of nitrogens with zero attached hydrogens (tertiary/aromatic N) is 2. The Bertz CT molecular complexity index is 715. The van der Waals surface area contributed by atoms with E-state index in [1.807, 2.05) is 24.3 Å². The number of piperazine rings is 1. The fourth-order valence-corrected chi connectivity index (χ4v) is 3.23. The molecule has 3 rings (SSSR count). The van der Waals surface area contributed by atoms with Gasteiger partial charge in [0.15, 0.2) is 6.29 Å². The van der Waals surface area contributed by atoms with Crippen molar-refractivity contribution in [2.75, 3.05) is 44.2 Å². The number of anilines is 1. The quantitative estimate of drug-likeness (QED) is 0.534. The first kappa shape index (κ1) is 18.4. The smallest absolute Gasteiger partial charge is 0.153 e. The van der Waals surface area contributed by atoms with Gasteiger partial charge in [-0.3, -0.25) is 9.69 Å². The SMILES string of the molecule is O=Cc1ccccc1OCCCCN1CCN(c2cccc(F)c2)CC1. The summed E-state index contributed by atoms with van der Waals surface area (Å²) in [4.78, 5) is 15.6. The Kier molecular flexibility index (Phi) is 6.61. The first-order valence-electron chi connectivity index (χ1n) is 9.16. The van der Waals surface area contributed by atoms with E-state index in [0.29, 0.717) is 17.9 Å². The maximum atomic E-state index is 13.3. The predicted octanol–water partition coefficient (Wildman–Crippen LogP) is 3.62. The minimum Gasteiger partial charge on any atom is -0.493 e. The van der Waals surface area contributed by atoms with Gasteiger partial charge in [-0.2, -0.15) is 0 Å². The lowest BCUT2D eigenvalue weighted by Gasteiger charge is -2.36. The second-order valence-electron chi connectivity index (χ2n) is 6.52. The third kappa shape index (κ3) is 5.05. The number of hydrogen-bond donors (Lipinski definition) is 0. The molecule has 0 amide bonds. The number of rotatable bonds is 8. The number of hydrogen-bond acceptors (Lipinski definition) is 4. The summed E-state index contributed by atoms with van der Waals surface area (Å²) in [7, 11) is 0. The van der Waals surface area contributed by atoms with E-state index < -0.39 is 0 Å². The minimum absolute atomic E-state index is 0.180. The van der Waals surface area contributed by atoms with Crippen molar-refractivity contribution < 1.29 is 13.9 Å². The molecule has 1 fully saturated rings. The van der Waals surface area contributed by atoms with Crippen LogP contribution in [-0.2, 0) is 0 Å². The van der Waals surface area contributed by atoms with Gasteiger partial charge < -0.3 is 9.64 Å². The van der Waals surface area contributed by atoms with Crippen molar-refractivity contribution in [3.63, 3.8) is 0 Å². The molecule has 2 aromatic rings. The number of carbonyl (C=O) groups is 1. The third-order valence-corrected chi connectivity index (χ3v) is 4.72. The second kappa shape index (κ2) is 9.34. The number of carbonyl (C=O) groups excluding carboxylic acids is 1. The van der Waals surface area contributed by atoms with Crippen LogP contribution in [0.15, 0.2) is 48.5 Å². The molecule has 2 aromatic carbocycles. The molecule has 4 nitrogen and oxygen atoms in total. The number of unbranched alkanes of at least 4 members (excludes halogenated alkanes) is 1. The Morgan fingerprint density at radius 3 is 2.58 bits per heavy atom. The lowest BCUT2D eigenvalue weighted by atomic mass is 10.2. The lowest BCUT2D eigenvalue weighted by molar-refractivity contribution is 0.111. The number of para-hydroxylation sites is 1. The summed E-state index contributed by atoms with van der Waals surface area (Å²) in [5, 5.41) is 0. The van der Waals surface area contributed by atoms with Gasteiger partial charge in [0.1, 0.15) is 11.6 Å². The molecule has 1 aliphatic heterocycles. The Morgan fingerprint density at radius 1 is 1.00 bits per heavy atom. The molecule has 0 saturated carbocycles. The van der Waals surface area contributed by atoms with Crippen molar-refractivity contribution in [1.29, 1.82) is 0 Å². The topological polar surface area (TPSA) is 32.8 Å². The first-order valence-corrected chi connectivity index (χ1v) is 9.16. The minimum atomic E-state index is -0.180. The van der Waals surface area contributed by atoms with E-state index >= 15 is 0 Å². The van der Waals surface area contributed by atoms with Crippen LogP contribution in [0.1, 0.15) is 23.2 Å². The average Bonchev–Trinajstić information content (AvgIpc) is 2.68. The molecule has 1 saturated heterocycles. The van der Waals surface area contributed by atoms with Gasteiger partial charge in [0.05, 0.1) is 12.2 Å². The van der Waals surface area contributed by atoms with Crippen LogP contribution >= 0.6 is 0 Å². The second-order valence-corrected chi connectivity index (χ2v) is 6.52. The van der Waals surface area contributed by atoms with Crippen molar-refractivity contribution in [2.45, 2.75) is 12.8 Å². The van der Waals surface area contributed by atoms with E-state index in [9.17, 15) is 9.18 Å². The van der Waals surface area contributed by atoms with Crippen LogP contribution in [0, 0.1) is 5.82 Å². The average molecular weight is 356 g/mol. The van der Waals surface area contributed by atoms with Crippen molar-refractivity contribution in [2.24, 2.45) is 0 Å². The Balaban J connectivity index is 1.33. The highest BCUT2D eigenvalue weighted by atomic mass is 19.1. The molecular formula is C21H25FN2O2. The zero-order chi connectivity index (χ0) is 18.2. The van der Waals surface area contributed by atoms with Crippen LogP contribution in [0.5, 0.6) is 5.75 Å². The monoisotopic (exact) mass is 356 g/mol. The molecule has 0 aliphatic carbocycles. The summed E-state index contributed by atoms with van der Waals surface area (Å²) in [5.74, 6) is 0.479. The molecule has 0 bridgehead atoms. The lowest BCUT2D eigenvalue weighted by Crippen LogP contribution is -2.46. The maximum absolute atomic E-state index is 13.3. The molecule has 0 N–H and O–H groups in total. The van der Waals surface area contributed by atoms with Gasteiger partial charge >= 0.3 is 0 Å². The van der Waals surface area contributed by atoms with Crippen molar-refractivity contribution in [1.82, 2.24) is 4.90 Å². The zero-order valence-electron chi connectivity index (χ0n) is 14.9. The maximum Gasteiger partial charge on any atom is 0.153 e. The van der Waals surface area contributed by atoms with Gasteiger partial charge in [-0.1, -0.05) is 18.2 Å². The molecular weight excluding hydrogens is 331 g/mol. The normalized spacial score (nSPS) is 15.0. The van der Waals surface area contributed by atoms with Crippen LogP contribution < -0.4 is 9.64 Å². The van der Waals surface area contributed by atoms with Crippen LogP contribution in [0.25, 0.3) is 0 Å². The summed E-state index contributed by atoms with van der Waals surface area (Å²) in [6, 6.07) is 14.1. The molecule has 0 radical (unpaired) electrons. The number of halogens is 1. The summed E-state index contributed by atoms with van der Waals surface area (Å²) in [6.45, 7) is 5.49. The molecule has 26 heavy (non-hydrogen) atoms. The molecule has 0 spiro atoms. The summed E-state index contributed by atoms with van der Waals surface area (Å²) >= 11 is 0. The highest BCUT2D eigenvalue weighted by Gasteiger charge is 2.17. The van der Waals surface area contributed by atoms with Gasteiger partial charge in [0, 0.05) is 31.9 Å². The molecule has 0 atom stereocenters. The Morgan fingerprint density at radius 2 is 1.81 bits per heavy atom. The fourth-order valence-electron chi connectivity index (χ4n) is 3.23. The van der Waals surface area contributed by atoms with Crippen molar-refractivity contribution in [3.8, 4) is 5.75 Å². The van der Waals surface area contributed by atoms with E-state index in [2.05, 4.69) is 9.80 Å². The van der Waals surface area contributed by atoms with Crippen molar-refractivity contribution >= 4 is 12.0 Å². The third-order valence-electron chi connectivity index (χ3n) is 4.72. The molecule has 1 aliphatic rings. The fraction of sp³-hybridized carbons (Fsp3) is 0.381. The highest BCUT2D eigenvalue weighted by molar-refractivity contribution is 5.79. The first-order chi connectivity index (χ1) is 12.8. The van der Waals surface area contributed by atoms with Gasteiger partial charge in [0.2, 0.25) is 0 Å². The van der Waals surface area contributed by atoms with Crippen LogP contribution in [0.2, 0.25) is 0 Å². The number of aldehydes is 1. The summed E-state index contributed by atoms with van der Waals surface area (Å²) in [6.07, 6.45) is 2.84. The van der Waals surface area contributed by atoms with E-state index in [-0.39, 0.29) is 5.82 Å². The molecule has 0 aromatic heterocycles. The van der Waals surface area contributed by atoms with E-state index in [1.54, 1.807) is 18.2 Å². The van der Waals surface area contributed by atoms with E-state index in [0.717, 1.165) is 57.5 Å². The van der Waals surface area contributed by atoms with Crippen molar-refractivity contribution in [3.05, 3.63) is 59.9 Å². The van der Waals surface area contributed by atoms with E-state index in [1.165, 1.54) is 6.07 Å². The number of ether oxygens (including phenoxy) is 1. The summed E-state index contributed by atoms with van der Waals surface area (Å²) in [5.41, 5.74) is 1.56. The van der Waals surface area contributed by atoms with Gasteiger partial charge in [-0.25, -0.2) is 4.39 Å². The number of benzene rings is 2. The predicted molar refractivity (Wildman–Crippen MR) is 102 cm³/mol. The van der Waals surface area contributed by atoms with Crippen LogP contribution in [-0.4, -0.2) is 50.5 Å². The molecule has 1 heterocycles. The van der Waals surface area contributed by atoms with E-state index in [4.69, 9.17) is 4.74 Å². The largest absolute Gasteiger partial charge is 0.493 e. The summed E-state index contributed by atoms with van der Waals surface area (Å²) < 4.78 is 19.1. The standard InChI is InChI=1S/C21H25FN2O2/c22-19-7-5-8-20(16-19)24-13-11-23(12-14-24)10-3-4-15-26-21-9-2-1-6-18(21)17-25/h1-2,5-9,16-17H,3-4,10-15H2. The molecule has 138 valence electrons. The highest BCUT2D eigenvalue weighted by Crippen LogP contribution is 2.18. The van der Waals surface area contributed by atoms with Crippen LogP contribution in [0.4, 0.5) is 10.1 Å². The van der Waals surface area contributed by atoms with Gasteiger partial charge in [0.25, 0.3) is 0 Å². The molecule has 5 heteroatoms. The Labute approximate surface area is 154 Å². The van der Waals surface area contributed by atoms with Crippen LogP contribution in [0.3, 0.4) is 0 Å². The molecule has 0 unspecified atom stereocenters. The zero-order valence-corrected chi connectivity index (χ0v) is 14.9. The van der Waals surface area contributed by atoms with Gasteiger partial charge in [-0.15, -0.1) is 0 Å². The Hall–Kier alpha value is -2.40.